The highest BCUT2D eigenvalue weighted by atomic mass is 35.5. The van der Waals surface area contributed by atoms with Crippen LogP contribution in [0.3, 0.4) is 0 Å². The maximum Gasteiger partial charge on any atom is 0.155 e. The normalized spacial score (nSPS) is 10.1. The lowest BCUT2D eigenvalue weighted by Crippen LogP contribution is -2.11. The van der Waals surface area contributed by atoms with Crippen LogP contribution in [0.15, 0.2) is 36.7 Å². The summed E-state index contributed by atoms with van der Waals surface area (Å²) in [6.07, 6.45) is 3.20. The van der Waals surface area contributed by atoms with Crippen molar-refractivity contribution in [3.05, 3.63) is 52.8 Å². The summed E-state index contributed by atoms with van der Waals surface area (Å²) < 4.78 is 5.77. The van der Waals surface area contributed by atoms with Crippen molar-refractivity contribution in [2.75, 3.05) is 0 Å². The first-order valence-corrected chi connectivity index (χ1v) is 6.04. The van der Waals surface area contributed by atoms with E-state index < -0.39 is 0 Å². The number of benzene rings is 1. The van der Waals surface area contributed by atoms with Crippen LogP contribution >= 0.6 is 23.8 Å². The Morgan fingerprint density at radius 1 is 1.33 bits per heavy atom. The highest BCUT2D eigenvalue weighted by Gasteiger charge is 2.09. The summed E-state index contributed by atoms with van der Waals surface area (Å²) in [6, 6.07) is 7.15. The number of nitrogens with two attached hydrogens (primary N) is 1. The molecule has 1 aromatic heterocycles. The van der Waals surface area contributed by atoms with Crippen LogP contribution in [-0.2, 0) is 0 Å². The number of rotatable bonds is 3. The molecule has 92 valence electrons. The van der Waals surface area contributed by atoms with Gasteiger partial charge in [-0.1, -0.05) is 29.9 Å². The number of nitrogens with zero attached hydrogens (tertiary/aromatic N) is 1. The summed E-state index contributed by atoms with van der Waals surface area (Å²) in [7, 11) is 0. The molecule has 0 aliphatic heterocycles. The van der Waals surface area contributed by atoms with E-state index in [0.29, 0.717) is 22.1 Å². The van der Waals surface area contributed by atoms with E-state index in [9.17, 15) is 0 Å². The van der Waals surface area contributed by atoms with Crippen molar-refractivity contribution >= 4 is 28.8 Å². The van der Waals surface area contributed by atoms with E-state index in [-0.39, 0.29) is 4.99 Å². The number of halogens is 1. The van der Waals surface area contributed by atoms with Crippen molar-refractivity contribution in [2.45, 2.75) is 6.92 Å². The molecular weight excluding hydrogens is 268 g/mol. The van der Waals surface area contributed by atoms with E-state index in [1.807, 2.05) is 19.1 Å². The standard InChI is InChI=1S/C13H11ClN2OS/c1-8-2-3-9(14)6-11(8)17-12-7-16-5-4-10(12)13(15)18/h2-7H,1H3,(H2,15,18). The topological polar surface area (TPSA) is 48.1 Å². The molecule has 2 aromatic rings. The summed E-state index contributed by atoms with van der Waals surface area (Å²) in [6.45, 7) is 1.93. The number of ether oxygens (including phenoxy) is 1. The molecule has 3 nitrogen and oxygen atoms in total. The van der Waals surface area contributed by atoms with Gasteiger partial charge in [-0.05, 0) is 30.7 Å². The Bertz CT molecular complexity index is 601. The van der Waals surface area contributed by atoms with Gasteiger partial charge in [-0.2, -0.15) is 0 Å². The molecule has 0 saturated carbocycles. The van der Waals surface area contributed by atoms with Gasteiger partial charge >= 0.3 is 0 Å². The van der Waals surface area contributed by atoms with Crippen LogP contribution < -0.4 is 10.5 Å². The van der Waals surface area contributed by atoms with Crippen LogP contribution in [0.4, 0.5) is 0 Å². The zero-order valence-corrected chi connectivity index (χ0v) is 11.3. The maximum absolute atomic E-state index is 5.94. The average molecular weight is 279 g/mol. The van der Waals surface area contributed by atoms with Crippen LogP contribution in [0.5, 0.6) is 11.5 Å². The van der Waals surface area contributed by atoms with Crippen LogP contribution in [0.2, 0.25) is 5.02 Å². The first-order valence-electron chi connectivity index (χ1n) is 5.26. The van der Waals surface area contributed by atoms with Crippen molar-refractivity contribution in [3.63, 3.8) is 0 Å². The highest BCUT2D eigenvalue weighted by molar-refractivity contribution is 7.80. The van der Waals surface area contributed by atoms with Gasteiger partial charge in [0, 0.05) is 11.2 Å². The second kappa shape index (κ2) is 5.33. The molecule has 0 atom stereocenters. The van der Waals surface area contributed by atoms with Crippen LogP contribution in [0, 0.1) is 6.92 Å². The summed E-state index contributed by atoms with van der Waals surface area (Å²) in [4.78, 5) is 4.27. The third-order valence-corrected chi connectivity index (χ3v) is 2.88. The van der Waals surface area contributed by atoms with Crippen molar-refractivity contribution in [1.82, 2.24) is 4.98 Å². The van der Waals surface area contributed by atoms with Gasteiger partial charge in [-0.15, -0.1) is 0 Å². The Morgan fingerprint density at radius 2 is 2.11 bits per heavy atom. The van der Waals surface area contributed by atoms with E-state index in [4.69, 9.17) is 34.3 Å². The lowest BCUT2D eigenvalue weighted by atomic mass is 10.2. The minimum Gasteiger partial charge on any atom is -0.455 e. The average Bonchev–Trinajstić information content (AvgIpc) is 2.34. The molecule has 2 rings (SSSR count). The summed E-state index contributed by atoms with van der Waals surface area (Å²) in [5.41, 5.74) is 7.26. The Morgan fingerprint density at radius 3 is 2.83 bits per heavy atom. The predicted octanol–water partition coefficient (Wildman–Crippen LogP) is 3.47. The van der Waals surface area contributed by atoms with Crippen LogP contribution in [-0.4, -0.2) is 9.97 Å². The van der Waals surface area contributed by atoms with Gasteiger partial charge in [-0.3, -0.25) is 4.98 Å². The van der Waals surface area contributed by atoms with Gasteiger partial charge in [0.25, 0.3) is 0 Å². The third kappa shape index (κ3) is 2.78. The van der Waals surface area contributed by atoms with E-state index in [1.165, 1.54) is 0 Å². The number of hydrogen-bond donors (Lipinski definition) is 1. The van der Waals surface area contributed by atoms with Crippen LogP contribution in [0.1, 0.15) is 11.1 Å². The second-order valence-corrected chi connectivity index (χ2v) is 4.62. The summed E-state index contributed by atoms with van der Waals surface area (Å²) >= 11 is 10.9. The van der Waals surface area contributed by atoms with Crippen molar-refractivity contribution in [2.24, 2.45) is 5.73 Å². The number of aromatic nitrogens is 1. The molecule has 0 amide bonds. The molecule has 1 aromatic carbocycles. The zero-order valence-electron chi connectivity index (χ0n) is 9.68. The molecular formula is C13H11ClN2OS. The van der Waals surface area contributed by atoms with Gasteiger partial charge in [0.05, 0.1) is 11.8 Å². The first kappa shape index (κ1) is 12.8. The van der Waals surface area contributed by atoms with Gasteiger partial charge < -0.3 is 10.5 Å². The number of pyridine rings is 1. The SMILES string of the molecule is Cc1ccc(Cl)cc1Oc1cnccc1C(N)=S. The third-order valence-electron chi connectivity index (χ3n) is 2.42. The Hall–Kier alpha value is -1.65. The van der Waals surface area contributed by atoms with E-state index >= 15 is 0 Å². The van der Waals surface area contributed by atoms with Crippen molar-refractivity contribution in [3.8, 4) is 11.5 Å². The minimum atomic E-state index is 0.270. The molecule has 2 N–H and O–H groups in total. The monoisotopic (exact) mass is 278 g/mol. The summed E-state index contributed by atoms with van der Waals surface area (Å²) in [5, 5.41) is 0.608. The molecule has 0 fully saturated rings. The van der Waals surface area contributed by atoms with Crippen molar-refractivity contribution in [1.29, 1.82) is 0 Å². The number of aryl methyl sites for hydroxylation is 1. The molecule has 0 aliphatic rings. The van der Waals surface area contributed by atoms with Gasteiger partial charge in [-0.25, -0.2) is 0 Å². The molecule has 1 heterocycles. The quantitative estimate of drug-likeness (QED) is 0.874. The second-order valence-electron chi connectivity index (χ2n) is 3.75. The molecule has 0 unspecified atom stereocenters. The molecule has 0 saturated heterocycles. The highest BCUT2D eigenvalue weighted by Crippen LogP contribution is 2.29. The first-order chi connectivity index (χ1) is 8.58. The minimum absolute atomic E-state index is 0.270. The van der Waals surface area contributed by atoms with E-state index in [1.54, 1.807) is 24.5 Å². The Balaban J connectivity index is 2.40. The fraction of sp³-hybridized carbons (Fsp3) is 0.0769. The Labute approximate surface area is 116 Å². The van der Waals surface area contributed by atoms with Gasteiger partial charge in [0.2, 0.25) is 0 Å². The fourth-order valence-corrected chi connectivity index (χ4v) is 1.80. The number of hydrogen-bond acceptors (Lipinski definition) is 3. The fourth-order valence-electron chi connectivity index (χ4n) is 1.47. The predicted molar refractivity (Wildman–Crippen MR) is 76.4 cm³/mol. The van der Waals surface area contributed by atoms with E-state index in [0.717, 1.165) is 5.56 Å². The zero-order chi connectivity index (χ0) is 13.1. The van der Waals surface area contributed by atoms with Gasteiger partial charge in [0.1, 0.15) is 10.7 Å². The summed E-state index contributed by atoms with van der Waals surface area (Å²) in [5.74, 6) is 1.18. The molecule has 0 radical (unpaired) electrons. The van der Waals surface area contributed by atoms with E-state index in [2.05, 4.69) is 4.98 Å². The Kier molecular flexibility index (Phi) is 3.79. The molecule has 0 aliphatic carbocycles. The maximum atomic E-state index is 5.94. The lowest BCUT2D eigenvalue weighted by Gasteiger charge is -2.11. The molecule has 0 bridgehead atoms. The smallest absolute Gasteiger partial charge is 0.155 e. The van der Waals surface area contributed by atoms with Gasteiger partial charge in [0.15, 0.2) is 5.75 Å². The number of thiocarbonyl (C=S) groups is 1. The molecule has 18 heavy (non-hydrogen) atoms. The largest absolute Gasteiger partial charge is 0.455 e. The lowest BCUT2D eigenvalue weighted by molar-refractivity contribution is 0.475. The van der Waals surface area contributed by atoms with Crippen molar-refractivity contribution < 1.29 is 4.74 Å². The molecule has 0 spiro atoms. The van der Waals surface area contributed by atoms with Crippen LogP contribution in [0.25, 0.3) is 0 Å². The molecule has 5 heteroatoms.